The van der Waals surface area contributed by atoms with Crippen molar-refractivity contribution in [1.82, 2.24) is 5.32 Å². The third-order valence-electron chi connectivity index (χ3n) is 4.66. The summed E-state index contributed by atoms with van der Waals surface area (Å²) < 4.78 is 5.08. The topological polar surface area (TPSA) is 55.4 Å². The molecule has 3 fully saturated rings. The fraction of sp³-hybridized carbons (Fsp3) is 0.857. The molecule has 3 saturated carbocycles. The van der Waals surface area contributed by atoms with Crippen LogP contribution in [0.4, 0.5) is 4.79 Å². The third kappa shape index (κ3) is 2.68. The molecule has 0 aromatic heterocycles. The minimum Gasteiger partial charge on any atom is -0.447 e. The van der Waals surface area contributed by atoms with E-state index in [0.29, 0.717) is 6.54 Å². The molecule has 102 valence electrons. The summed E-state index contributed by atoms with van der Waals surface area (Å²) in [7, 11) is 0. The lowest BCUT2D eigenvalue weighted by Crippen LogP contribution is -2.48. The Morgan fingerprint density at radius 2 is 1.78 bits per heavy atom. The van der Waals surface area contributed by atoms with Crippen molar-refractivity contribution >= 4 is 12.4 Å². The second-order valence-corrected chi connectivity index (χ2v) is 6.29. The van der Waals surface area contributed by atoms with E-state index in [1.165, 1.54) is 0 Å². The molecule has 3 aliphatic rings. The predicted molar refractivity (Wildman–Crippen MR) is 68.3 cm³/mol. The van der Waals surface area contributed by atoms with Gasteiger partial charge in [-0.05, 0) is 57.8 Å². The molecule has 1 N–H and O–H groups in total. The van der Waals surface area contributed by atoms with Crippen LogP contribution < -0.4 is 5.32 Å². The number of amides is 1. The molecular weight excluding hydrogens is 230 g/mol. The molecule has 2 bridgehead atoms. The van der Waals surface area contributed by atoms with Gasteiger partial charge in [0, 0.05) is 12.0 Å². The van der Waals surface area contributed by atoms with Gasteiger partial charge in [-0.15, -0.1) is 0 Å². The van der Waals surface area contributed by atoms with Crippen molar-refractivity contribution in [2.45, 2.75) is 58.5 Å². The van der Waals surface area contributed by atoms with Gasteiger partial charge in [-0.1, -0.05) is 0 Å². The standard InChI is InChI=1S/C14H23NO3/c1-11(2)18-12(17)15-9-13-3-6-14(10-16,7-4-13)8-5-13/h10-11H,3-9H2,1-2H3,(H,15,17). The number of nitrogens with one attached hydrogen (secondary N) is 1. The fourth-order valence-electron chi connectivity index (χ4n) is 3.25. The molecule has 0 unspecified atom stereocenters. The molecule has 4 nitrogen and oxygen atoms in total. The Kier molecular flexibility index (Phi) is 3.64. The lowest BCUT2D eigenvalue weighted by atomic mass is 9.54. The van der Waals surface area contributed by atoms with E-state index in [-0.39, 0.29) is 23.0 Å². The van der Waals surface area contributed by atoms with Gasteiger partial charge in [-0.25, -0.2) is 4.79 Å². The predicted octanol–water partition coefficient (Wildman–Crippen LogP) is 2.66. The van der Waals surface area contributed by atoms with Crippen LogP contribution in [0, 0.1) is 10.8 Å². The van der Waals surface area contributed by atoms with Crippen molar-refractivity contribution in [1.29, 1.82) is 0 Å². The first kappa shape index (κ1) is 13.4. The van der Waals surface area contributed by atoms with Crippen LogP contribution in [0.5, 0.6) is 0 Å². The first-order chi connectivity index (χ1) is 8.49. The van der Waals surface area contributed by atoms with Crippen molar-refractivity contribution in [3.05, 3.63) is 0 Å². The molecule has 1 amide bonds. The van der Waals surface area contributed by atoms with Gasteiger partial charge in [0.1, 0.15) is 6.29 Å². The van der Waals surface area contributed by atoms with Crippen molar-refractivity contribution in [2.24, 2.45) is 10.8 Å². The first-order valence-corrected chi connectivity index (χ1v) is 6.90. The van der Waals surface area contributed by atoms with Gasteiger partial charge >= 0.3 is 6.09 Å². The van der Waals surface area contributed by atoms with Gasteiger partial charge in [0.2, 0.25) is 0 Å². The molecule has 4 heteroatoms. The number of fused-ring (bicyclic) bond motifs is 3. The zero-order chi connectivity index (χ0) is 13.2. The molecule has 0 heterocycles. The minimum atomic E-state index is -0.322. The molecule has 3 rings (SSSR count). The van der Waals surface area contributed by atoms with Crippen LogP contribution in [0.15, 0.2) is 0 Å². The minimum absolute atomic E-state index is 0.0415. The number of alkyl carbamates (subject to hydrolysis) is 1. The van der Waals surface area contributed by atoms with Gasteiger partial charge < -0.3 is 14.8 Å². The number of aldehydes is 1. The van der Waals surface area contributed by atoms with Crippen LogP contribution in [0.2, 0.25) is 0 Å². The summed E-state index contributed by atoms with van der Waals surface area (Å²) in [5.41, 5.74) is 0.168. The molecule has 0 saturated heterocycles. The molecule has 0 aromatic rings. The number of hydrogen-bond acceptors (Lipinski definition) is 3. The number of rotatable bonds is 4. The number of hydrogen-bond donors (Lipinski definition) is 1. The second-order valence-electron chi connectivity index (χ2n) is 6.29. The average Bonchev–Trinajstić information content (AvgIpc) is 2.38. The van der Waals surface area contributed by atoms with E-state index in [0.717, 1.165) is 44.8 Å². The molecular formula is C14H23NO3. The SMILES string of the molecule is CC(C)OC(=O)NCC12CCC(C=O)(CC1)CC2. The van der Waals surface area contributed by atoms with Gasteiger partial charge in [-0.3, -0.25) is 0 Å². The Hall–Kier alpha value is -1.06. The van der Waals surface area contributed by atoms with E-state index in [2.05, 4.69) is 5.32 Å². The smallest absolute Gasteiger partial charge is 0.407 e. The van der Waals surface area contributed by atoms with Crippen molar-refractivity contribution < 1.29 is 14.3 Å². The summed E-state index contributed by atoms with van der Waals surface area (Å²) >= 11 is 0. The Morgan fingerprint density at radius 1 is 1.22 bits per heavy atom. The Labute approximate surface area is 108 Å². The monoisotopic (exact) mass is 253 g/mol. The number of carbonyl (C=O) groups is 2. The van der Waals surface area contributed by atoms with Crippen LogP contribution in [0.1, 0.15) is 52.4 Å². The largest absolute Gasteiger partial charge is 0.447 e. The van der Waals surface area contributed by atoms with Gasteiger partial charge in [0.15, 0.2) is 0 Å². The lowest BCUT2D eigenvalue weighted by Gasteiger charge is -2.51. The summed E-state index contributed by atoms with van der Waals surface area (Å²) in [6.07, 6.45) is 6.86. The zero-order valence-corrected chi connectivity index (χ0v) is 11.3. The van der Waals surface area contributed by atoms with Crippen LogP contribution in [0.3, 0.4) is 0 Å². The maximum absolute atomic E-state index is 11.5. The first-order valence-electron chi connectivity index (χ1n) is 6.90. The highest BCUT2D eigenvalue weighted by molar-refractivity contribution is 5.67. The lowest BCUT2D eigenvalue weighted by molar-refractivity contribution is -0.124. The molecule has 0 spiro atoms. The summed E-state index contributed by atoms with van der Waals surface area (Å²) in [6, 6.07) is 0. The van der Waals surface area contributed by atoms with E-state index in [9.17, 15) is 9.59 Å². The average molecular weight is 253 g/mol. The summed E-state index contributed by atoms with van der Waals surface area (Å²) in [5, 5.41) is 2.88. The van der Waals surface area contributed by atoms with E-state index in [1.54, 1.807) is 0 Å². The summed E-state index contributed by atoms with van der Waals surface area (Å²) in [5.74, 6) is 0. The molecule has 0 atom stereocenters. The highest BCUT2D eigenvalue weighted by Gasteiger charge is 2.48. The third-order valence-corrected chi connectivity index (χ3v) is 4.66. The van der Waals surface area contributed by atoms with E-state index < -0.39 is 0 Å². The normalized spacial score (nSPS) is 34.4. The van der Waals surface area contributed by atoms with E-state index >= 15 is 0 Å². The Bertz CT molecular complexity index is 313. The molecule has 18 heavy (non-hydrogen) atoms. The van der Waals surface area contributed by atoms with Crippen LogP contribution >= 0.6 is 0 Å². The highest BCUT2D eigenvalue weighted by atomic mass is 16.6. The van der Waals surface area contributed by atoms with Gasteiger partial charge in [0.05, 0.1) is 6.10 Å². The maximum atomic E-state index is 11.5. The maximum Gasteiger partial charge on any atom is 0.407 e. The van der Waals surface area contributed by atoms with Crippen LogP contribution in [0.25, 0.3) is 0 Å². The van der Waals surface area contributed by atoms with Crippen LogP contribution in [-0.2, 0) is 9.53 Å². The summed E-state index contributed by atoms with van der Waals surface area (Å²) in [4.78, 5) is 22.6. The quantitative estimate of drug-likeness (QED) is 0.784. The number of carbonyl (C=O) groups excluding carboxylic acids is 2. The van der Waals surface area contributed by atoms with E-state index in [4.69, 9.17) is 4.74 Å². The van der Waals surface area contributed by atoms with Crippen molar-refractivity contribution in [3.63, 3.8) is 0 Å². The second kappa shape index (κ2) is 4.90. The highest BCUT2D eigenvalue weighted by Crippen LogP contribution is 2.55. The fourth-order valence-corrected chi connectivity index (χ4v) is 3.25. The molecule has 3 aliphatic carbocycles. The van der Waals surface area contributed by atoms with Gasteiger partial charge in [-0.2, -0.15) is 0 Å². The van der Waals surface area contributed by atoms with Gasteiger partial charge in [0.25, 0.3) is 0 Å². The Morgan fingerprint density at radius 3 is 2.22 bits per heavy atom. The van der Waals surface area contributed by atoms with Crippen molar-refractivity contribution in [2.75, 3.05) is 6.54 Å². The zero-order valence-electron chi connectivity index (χ0n) is 11.3. The molecule has 0 aliphatic heterocycles. The molecule has 0 aromatic carbocycles. The van der Waals surface area contributed by atoms with Crippen LogP contribution in [-0.4, -0.2) is 25.0 Å². The molecule has 0 radical (unpaired) electrons. The van der Waals surface area contributed by atoms with Crippen molar-refractivity contribution in [3.8, 4) is 0 Å². The number of ether oxygens (including phenoxy) is 1. The summed E-state index contributed by atoms with van der Waals surface area (Å²) in [6.45, 7) is 4.38. The van der Waals surface area contributed by atoms with E-state index in [1.807, 2.05) is 13.8 Å². The Balaban J connectivity index is 1.84.